The lowest BCUT2D eigenvalue weighted by Gasteiger charge is -2.34. The van der Waals surface area contributed by atoms with Gasteiger partial charge in [-0.25, -0.2) is 0 Å². The van der Waals surface area contributed by atoms with Crippen molar-refractivity contribution in [2.45, 2.75) is 18.9 Å². The summed E-state index contributed by atoms with van der Waals surface area (Å²) in [6, 6.07) is 48.9. The maximum Gasteiger partial charge on any atom is 0.0729 e. The molecule has 2 N–H and O–H groups in total. The minimum absolute atomic E-state index is 0.481. The minimum atomic E-state index is -0.481. The Morgan fingerprint density at radius 1 is 0.658 bits per heavy atom. The van der Waals surface area contributed by atoms with Crippen LogP contribution in [0.15, 0.2) is 150 Å². The van der Waals surface area contributed by atoms with Crippen LogP contribution >= 0.6 is 0 Å². The molecule has 1 atom stereocenters. The number of rotatable bonds is 6. The number of allylic oxidation sites excluding steroid dienone is 2. The Balaban J connectivity index is 1.68. The van der Waals surface area contributed by atoms with Gasteiger partial charge in [-0.1, -0.05) is 127 Å². The molecule has 0 bridgehead atoms. The largest absolute Gasteiger partial charge is 0.399 e. The Kier molecular flexibility index (Phi) is 6.23. The minimum Gasteiger partial charge on any atom is -0.399 e. The first-order chi connectivity index (χ1) is 18.7. The highest BCUT2D eigenvalue weighted by Gasteiger charge is 2.46. The van der Waals surface area contributed by atoms with E-state index in [4.69, 9.17) is 10.7 Å². The van der Waals surface area contributed by atoms with Crippen molar-refractivity contribution in [2.24, 2.45) is 4.99 Å². The van der Waals surface area contributed by atoms with Gasteiger partial charge >= 0.3 is 0 Å². The molecule has 38 heavy (non-hydrogen) atoms. The third kappa shape index (κ3) is 3.95. The summed E-state index contributed by atoms with van der Waals surface area (Å²) < 4.78 is 0. The maximum absolute atomic E-state index is 6.39. The van der Waals surface area contributed by atoms with Gasteiger partial charge < -0.3 is 5.73 Å². The third-order valence-corrected chi connectivity index (χ3v) is 7.61. The molecular weight excluding hydrogens is 460 g/mol. The van der Waals surface area contributed by atoms with Gasteiger partial charge in [0.25, 0.3) is 0 Å². The van der Waals surface area contributed by atoms with Gasteiger partial charge in [0.2, 0.25) is 0 Å². The van der Waals surface area contributed by atoms with E-state index in [9.17, 15) is 0 Å². The summed E-state index contributed by atoms with van der Waals surface area (Å²) in [5, 5.41) is 0. The molecule has 0 saturated heterocycles. The fourth-order valence-electron chi connectivity index (χ4n) is 5.96. The van der Waals surface area contributed by atoms with Crippen molar-refractivity contribution in [3.8, 4) is 0 Å². The quantitative estimate of drug-likeness (QED) is 0.190. The van der Waals surface area contributed by atoms with Gasteiger partial charge in [-0.05, 0) is 52.4 Å². The molecule has 1 unspecified atom stereocenters. The fourth-order valence-corrected chi connectivity index (χ4v) is 5.96. The molecule has 1 aliphatic carbocycles. The van der Waals surface area contributed by atoms with Crippen LogP contribution < -0.4 is 5.73 Å². The normalized spacial score (nSPS) is 16.9. The van der Waals surface area contributed by atoms with Crippen LogP contribution in [-0.2, 0) is 12.0 Å². The molecule has 2 nitrogen and oxygen atoms in total. The van der Waals surface area contributed by atoms with E-state index in [0.29, 0.717) is 6.54 Å². The van der Waals surface area contributed by atoms with Crippen LogP contribution in [0, 0.1) is 0 Å². The molecule has 5 aromatic carbocycles. The average molecular weight is 491 g/mol. The molecule has 6 rings (SSSR count). The number of anilines is 1. The maximum atomic E-state index is 6.39. The summed E-state index contributed by atoms with van der Waals surface area (Å²) >= 11 is 0. The first-order valence-electron chi connectivity index (χ1n) is 13.1. The van der Waals surface area contributed by atoms with Gasteiger partial charge in [0.05, 0.1) is 17.7 Å². The number of hydrogen-bond donors (Lipinski definition) is 1. The molecule has 0 radical (unpaired) electrons. The summed E-state index contributed by atoms with van der Waals surface area (Å²) in [5.74, 6) is 0. The van der Waals surface area contributed by atoms with Crippen LogP contribution in [0.5, 0.6) is 0 Å². The van der Waals surface area contributed by atoms with E-state index in [2.05, 4.69) is 134 Å². The monoisotopic (exact) mass is 490 g/mol. The number of aliphatic imine (C=N–C) groups is 1. The molecule has 0 amide bonds. The lowest BCUT2D eigenvalue weighted by atomic mass is 9.67. The van der Waals surface area contributed by atoms with E-state index >= 15 is 0 Å². The van der Waals surface area contributed by atoms with Crippen LogP contribution in [0.3, 0.4) is 0 Å². The van der Waals surface area contributed by atoms with Crippen molar-refractivity contribution < 1.29 is 0 Å². The van der Waals surface area contributed by atoms with E-state index in [1.54, 1.807) is 0 Å². The van der Waals surface area contributed by atoms with Gasteiger partial charge in [0.1, 0.15) is 0 Å². The van der Waals surface area contributed by atoms with Crippen molar-refractivity contribution >= 4 is 17.0 Å². The SMILES string of the molecule is CC1=C(C(=NCc2ccccc2)c2ccccc2)c2ccccc2C1(c1ccccc1)c1cccc(N)c1. The molecule has 0 spiro atoms. The van der Waals surface area contributed by atoms with Crippen molar-refractivity contribution in [3.05, 3.63) is 178 Å². The first kappa shape index (κ1) is 23.7. The van der Waals surface area contributed by atoms with E-state index in [1.165, 1.54) is 39.0 Å². The Bertz CT molecular complexity index is 1630. The number of hydrogen-bond acceptors (Lipinski definition) is 2. The Labute approximate surface area is 224 Å². The predicted molar refractivity (Wildman–Crippen MR) is 159 cm³/mol. The van der Waals surface area contributed by atoms with Gasteiger partial charge in [-0.15, -0.1) is 0 Å². The molecule has 1 aliphatic rings. The van der Waals surface area contributed by atoms with E-state index < -0.39 is 5.41 Å². The molecule has 0 fully saturated rings. The van der Waals surface area contributed by atoms with Crippen molar-refractivity contribution in [1.29, 1.82) is 0 Å². The molecule has 0 aliphatic heterocycles. The number of nitrogens with two attached hydrogens (primary N) is 1. The standard InChI is InChI=1S/C36H30N2/c1-26-34(35(28-16-7-3-8-17-28)38-25-27-14-5-2-6-15-27)32-22-11-12-23-33(32)36(26,29-18-9-4-10-19-29)30-20-13-21-31(37)24-30/h2-24H,25,37H2,1H3. The van der Waals surface area contributed by atoms with Crippen LogP contribution in [0.25, 0.3) is 5.57 Å². The number of fused-ring (bicyclic) bond motifs is 1. The lowest BCUT2D eigenvalue weighted by molar-refractivity contribution is 0.744. The summed E-state index contributed by atoms with van der Waals surface area (Å²) in [6.45, 7) is 2.88. The second-order valence-electron chi connectivity index (χ2n) is 9.80. The van der Waals surface area contributed by atoms with Gasteiger partial charge in [-0.3, -0.25) is 4.99 Å². The number of benzene rings is 5. The molecule has 2 heteroatoms. The van der Waals surface area contributed by atoms with Crippen molar-refractivity contribution in [1.82, 2.24) is 0 Å². The highest BCUT2D eigenvalue weighted by molar-refractivity contribution is 6.34. The summed E-state index contributed by atoms with van der Waals surface area (Å²) in [6.07, 6.45) is 0. The van der Waals surface area contributed by atoms with Gasteiger partial charge in [0, 0.05) is 16.8 Å². The fraction of sp³-hybridized carbons (Fsp3) is 0.0833. The Morgan fingerprint density at radius 3 is 1.97 bits per heavy atom. The molecule has 5 aromatic rings. The summed E-state index contributed by atoms with van der Waals surface area (Å²) in [7, 11) is 0. The van der Waals surface area contributed by atoms with Gasteiger partial charge in [0.15, 0.2) is 0 Å². The predicted octanol–water partition coefficient (Wildman–Crippen LogP) is 8.08. The van der Waals surface area contributed by atoms with E-state index in [-0.39, 0.29) is 0 Å². The number of nitrogens with zero attached hydrogens (tertiary/aromatic N) is 1. The second kappa shape index (κ2) is 9.99. The first-order valence-corrected chi connectivity index (χ1v) is 13.1. The van der Waals surface area contributed by atoms with Crippen LogP contribution in [0.4, 0.5) is 5.69 Å². The molecule has 0 saturated carbocycles. The molecule has 0 heterocycles. The van der Waals surface area contributed by atoms with Gasteiger partial charge in [-0.2, -0.15) is 0 Å². The highest BCUT2D eigenvalue weighted by atomic mass is 14.7. The topological polar surface area (TPSA) is 38.4 Å². The Morgan fingerprint density at radius 2 is 1.26 bits per heavy atom. The highest BCUT2D eigenvalue weighted by Crippen LogP contribution is 2.55. The lowest BCUT2D eigenvalue weighted by Crippen LogP contribution is -2.29. The third-order valence-electron chi connectivity index (χ3n) is 7.61. The summed E-state index contributed by atoms with van der Waals surface area (Å²) in [4.78, 5) is 5.30. The Hall–Kier alpha value is -4.69. The van der Waals surface area contributed by atoms with Crippen molar-refractivity contribution in [3.63, 3.8) is 0 Å². The van der Waals surface area contributed by atoms with Crippen molar-refractivity contribution in [2.75, 3.05) is 5.73 Å². The van der Waals surface area contributed by atoms with E-state index in [1.807, 2.05) is 12.1 Å². The van der Waals surface area contributed by atoms with Crippen LogP contribution in [0.2, 0.25) is 0 Å². The zero-order valence-corrected chi connectivity index (χ0v) is 21.5. The smallest absolute Gasteiger partial charge is 0.0729 e. The zero-order chi connectivity index (χ0) is 26.0. The summed E-state index contributed by atoms with van der Waals surface area (Å²) in [5.41, 5.74) is 17.3. The molecule has 0 aromatic heterocycles. The number of nitrogen functional groups attached to an aromatic ring is 1. The van der Waals surface area contributed by atoms with Crippen LogP contribution in [0.1, 0.15) is 40.3 Å². The molecular formula is C36H30N2. The second-order valence-corrected chi connectivity index (χ2v) is 9.80. The average Bonchev–Trinajstić information content (AvgIpc) is 3.23. The zero-order valence-electron chi connectivity index (χ0n) is 21.5. The van der Waals surface area contributed by atoms with Crippen LogP contribution in [-0.4, -0.2) is 5.71 Å². The van der Waals surface area contributed by atoms with E-state index in [0.717, 1.165) is 17.0 Å². The molecule has 184 valence electrons.